The lowest BCUT2D eigenvalue weighted by molar-refractivity contribution is -0.129. The van der Waals surface area contributed by atoms with Gasteiger partial charge in [0.15, 0.2) is 0 Å². The molecule has 0 heterocycles. The lowest BCUT2D eigenvalue weighted by Gasteiger charge is -2.36. The predicted octanol–water partition coefficient (Wildman–Crippen LogP) is 2.30. The van der Waals surface area contributed by atoms with Crippen LogP contribution < -0.4 is 11.1 Å². The molecule has 1 rings (SSSR count). The van der Waals surface area contributed by atoms with Crippen LogP contribution in [0.3, 0.4) is 0 Å². The lowest BCUT2D eigenvalue weighted by Crippen LogP contribution is -2.51. The summed E-state index contributed by atoms with van der Waals surface area (Å²) in [5, 5.41) is 3.13. The molecule has 1 fully saturated rings. The largest absolute Gasteiger partial charge is 0.353 e. The highest BCUT2D eigenvalue weighted by Crippen LogP contribution is 2.29. The molecular formula is C14H28N2O. The van der Waals surface area contributed by atoms with Crippen molar-refractivity contribution >= 4 is 5.91 Å². The van der Waals surface area contributed by atoms with E-state index in [0.29, 0.717) is 5.92 Å². The first-order chi connectivity index (χ1) is 7.73. The third-order valence-corrected chi connectivity index (χ3v) is 4.23. The smallest absolute Gasteiger partial charge is 0.225 e. The van der Waals surface area contributed by atoms with E-state index in [0.717, 1.165) is 19.3 Å². The lowest BCUT2D eigenvalue weighted by atomic mass is 9.76. The summed E-state index contributed by atoms with van der Waals surface area (Å²) in [6.07, 6.45) is 3.25. The number of nitrogens with one attached hydrogen (secondary N) is 1. The zero-order chi connectivity index (χ0) is 13.2. The molecule has 1 aliphatic rings. The molecule has 1 saturated carbocycles. The van der Waals surface area contributed by atoms with Gasteiger partial charge in [-0.3, -0.25) is 4.79 Å². The van der Waals surface area contributed by atoms with Crippen molar-refractivity contribution in [3.05, 3.63) is 0 Å². The van der Waals surface area contributed by atoms with Crippen LogP contribution in [-0.4, -0.2) is 18.0 Å². The van der Waals surface area contributed by atoms with Crippen LogP contribution >= 0.6 is 0 Å². The van der Waals surface area contributed by atoms with Crippen molar-refractivity contribution in [2.75, 3.05) is 0 Å². The summed E-state index contributed by atoms with van der Waals surface area (Å²) in [5.74, 6) is 0.548. The Morgan fingerprint density at radius 3 is 2.41 bits per heavy atom. The molecule has 0 bridgehead atoms. The van der Waals surface area contributed by atoms with E-state index in [-0.39, 0.29) is 29.3 Å². The van der Waals surface area contributed by atoms with Crippen LogP contribution in [0.1, 0.15) is 53.9 Å². The number of amides is 1. The van der Waals surface area contributed by atoms with Crippen molar-refractivity contribution in [3.8, 4) is 0 Å². The quantitative estimate of drug-likeness (QED) is 0.778. The minimum Gasteiger partial charge on any atom is -0.353 e. The number of carbonyl (C=O) groups excluding carboxylic acids is 1. The van der Waals surface area contributed by atoms with E-state index in [1.165, 1.54) is 0 Å². The zero-order valence-corrected chi connectivity index (χ0v) is 11.9. The summed E-state index contributed by atoms with van der Waals surface area (Å²) >= 11 is 0. The summed E-state index contributed by atoms with van der Waals surface area (Å²) in [6.45, 7) is 10.6. The Bertz CT molecular complexity index is 260. The molecule has 0 spiro atoms. The van der Waals surface area contributed by atoms with E-state index < -0.39 is 0 Å². The number of carbonyl (C=O) groups is 1. The van der Waals surface area contributed by atoms with Gasteiger partial charge in [0.05, 0.1) is 5.92 Å². The molecule has 1 amide bonds. The Labute approximate surface area is 106 Å². The van der Waals surface area contributed by atoms with E-state index in [1.807, 2.05) is 0 Å². The van der Waals surface area contributed by atoms with Gasteiger partial charge >= 0.3 is 0 Å². The van der Waals surface area contributed by atoms with E-state index >= 15 is 0 Å². The normalized spacial score (nSPS) is 32.0. The monoisotopic (exact) mass is 240 g/mol. The topological polar surface area (TPSA) is 55.1 Å². The molecule has 1 aliphatic carbocycles. The third kappa shape index (κ3) is 3.70. The number of nitrogens with two attached hydrogens (primary N) is 1. The van der Waals surface area contributed by atoms with Crippen molar-refractivity contribution in [2.45, 2.75) is 66.0 Å². The first kappa shape index (κ1) is 14.5. The van der Waals surface area contributed by atoms with Crippen LogP contribution in [0, 0.1) is 17.3 Å². The summed E-state index contributed by atoms with van der Waals surface area (Å²) in [4.78, 5) is 12.3. The molecule has 0 aromatic carbocycles. The average Bonchev–Trinajstić information content (AvgIpc) is 2.15. The van der Waals surface area contributed by atoms with Gasteiger partial charge in [-0.2, -0.15) is 0 Å². The maximum absolute atomic E-state index is 12.3. The van der Waals surface area contributed by atoms with Gasteiger partial charge in [0, 0.05) is 12.1 Å². The van der Waals surface area contributed by atoms with Gasteiger partial charge in [0.25, 0.3) is 0 Å². The Kier molecular flexibility index (Phi) is 4.59. The maximum atomic E-state index is 12.3. The van der Waals surface area contributed by atoms with Crippen molar-refractivity contribution in [1.29, 1.82) is 0 Å². The van der Waals surface area contributed by atoms with Crippen LogP contribution in [0.5, 0.6) is 0 Å². The molecule has 3 heteroatoms. The fourth-order valence-electron chi connectivity index (χ4n) is 2.44. The summed E-state index contributed by atoms with van der Waals surface area (Å²) in [7, 11) is 0. The van der Waals surface area contributed by atoms with Crippen molar-refractivity contribution in [3.63, 3.8) is 0 Å². The molecule has 0 radical (unpaired) electrons. The Morgan fingerprint density at radius 1 is 1.35 bits per heavy atom. The maximum Gasteiger partial charge on any atom is 0.225 e. The standard InChI is InChI=1S/C14H28N2O/c1-9-7-6-8-11(15)12(9)13(17)16-10(2)14(3,4)5/h9-12H,6-8,15H2,1-5H3,(H,16,17). The molecule has 0 aliphatic heterocycles. The van der Waals surface area contributed by atoms with Crippen molar-refractivity contribution in [1.82, 2.24) is 5.32 Å². The van der Waals surface area contributed by atoms with Gasteiger partial charge in [-0.1, -0.05) is 34.1 Å². The molecule has 17 heavy (non-hydrogen) atoms. The SMILES string of the molecule is CC1CCCC(N)C1C(=O)NC(C)C(C)(C)C. The van der Waals surface area contributed by atoms with E-state index in [4.69, 9.17) is 5.73 Å². The Balaban J connectivity index is 2.62. The molecule has 3 nitrogen and oxygen atoms in total. The van der Waals surface area contributed by atoms with Crippen LogP contribution in [0.4, 0.5) is 0 Å². The zero-order valence-electron chi connectivity index (χ0n) is 11.9. The second-order valence-corrected chi connectivity index (χ2v) is 6.69. The number of hydrogen-bond donors (Lipinski definition) is 2. The highest BCUT2D eigenvalue weighted by Gasteiger charge is 2.35. The second-order valence-electron chi connectivity index (χ2n) is 6.69. The van der Waals surface area contributed by atoms with Gasteiger partial charge in [-0.25, -0.2) is 0 Å². The fraction of sp³-hybridized carbons (Fsp3) is 0.929. The van der Waals surface area contributed by atoms with Crippen LogP contribution in [0.25, 0.3) is 0 Å². The molecule has 3 N–H and O–H groups in total. The minimum atomic E-state index is -0.00597. The Hall–Kier alpha value is -0.570. The first-order valence-corrected chi connectivity index (χ1v) is 6.79. The predicted molar refractivity (Wildman–Crippen MR) is 71.5 cm³/mol. The van der Waals surface area contributed by atoms with Gasteiger partial charge < -0.3 is 11.1 Å². The highest BCUT2D eigenvalue weighted by atomic mass is 16.2. The highest BCUT2D eigenvalue weighted by molar-refractivity contribution is 5.80. The number of hydrogen-bond acceptors (Lipinski definition) is 2. The van der Waals surface area contributed by atoms with E-state index in [1.54, 1.807) is 0 Å². The molecule has 0 saturated heterocycles. The molecule has 4 unspecified atom stereocenters. The molecular weight excluding hydrogens is 212 g/mol. The van der Waals surface area contributed by atoms with Crippen LogP contribution in [0.2, 0.25) is 0 Å². The molecule has 100 valence electrons. The summed E-state index contributed by atoms with van der Waals surface area (Å²) in [6, 6.07) is 0.210. The Morgan fingerprint density at radius 2 is 1.94 bits per heavy atom. The second kappa shape index (κ2) is 5.38. The summed E-state index contributed by atoms with van der Waals surface area (Å²) < 4.78 is 0. The van der Waals surface area contributed by atoms with Crippen molar-refractivity contribution < 1.29 is 4.79 Å². The molecule has 0 aromatic rings. The van der Waals surface area contributed by atoms with Gasteiger partial charge in [-0.15, -0.1) is 0 Å². The van der Waals surface area contributed by atoms with Crippen LogP contribution in [0.15, 0.2) is 0 Å². The fourth-order valence-corrected chi connectivity index (χ4v) is 2.44. The minimum absolute atomic E-state index is 0.00597. The van der Waals surface area contributed by atoms with E-state index in [9.17, 15) is 4.79 Å². The first-order valence-electron chi connectivity index (χ1n) is 6.79. The molecule has 4 atom stereocenters. The number of rotatable bonds is 2. The van der Waals surface area contributed by atoms with Crippen molar-refractivity contribution in [2.24, 2.45) is 23.0 Å². The van der Waals surface area contributed by atoms with E-state index in [2.05, 4.69) is 39.9 Å². The third-order valence-electron chi connectivity index (χ3n) is 4.23. The van der Waals surface area contributed by atoms with Gasteiger partial charge in [-0.05, 0) is 31.1 Å². The van der Waals surface area contributed by atoms with Gasteiger partial charge in [0.1, 0.15) is 0 Å². The summed E-state index contributed by atoms with van der Waals surface area (Å²) in [5.41, 5.74) is 6.19. The van der Waals surface area contributed by atoms with Gasteiger partial charge in [0.2, 0.25) is 5.91 Å². The average molecular weight is 240 g/mol. The van der Waals surface area contributed by atoms with Crippen LogP contribution in [-0.2, 0) is 4.79 Å². The molecule has 0 aromatic heterocycles.